The van der Waals surface area contributed by atoms with Crippen molar-refractivity contribution in [2.24, 2.45) is 5.92 Å². The molecular formula is C15H19BrO. The van der Waals surface area contributed by atoms with Gasteiger partial charge in [-0.05, 0) is 30.5 Å². The number of hydrogen-bond acceptors (Lipinski definition) is 1. The predicted molar refractivity (Wildman–Crippen MR) is 74.4 cm³/mol. The zero-order valence-corrected chi connectivity index (χ0v) is 11.9. The Morgan fingerprint density at radius 1 is 1.29 bits per heavy atom. The van der Waals surface area contributed by atoms with Gasteiger partial charge in [0.15, 0.2) is 5.78 Å². The molecule has 92 valence electrons. The molecule has 0 N–H and O–H groups in total. The van der Waals surface area contributed by atoms with Crippen LogP contribution in [0.5, 0.6) is 0 Å². The lowest BCUT2D eigenvalue weighted by Crippen LogP contribution is -2.13. The van der Waals surface area contributed by atoms with Crippen LogP contribution in [0.1, 0.15) is 54.4 Å². The second-order valence-electron chi connectivity index (χ2n) is 5.09. The monoisotopic (exact) mass is 294 g/mol. The lowest BCUT2D eigenvalue weighted by atomic mass is 9.84. The van der Waals surface area contributed by atoms with Crippen LogP contribution in [0.4, 0.5) is 0 Å². The van der Waals surface area contributed by atoms with Gasteiger partial charge < -0.3 is 0 Å². The molecule has 0 radical (unpaired) electrons. The van der Waals surface area contributed by atoms with Crippen molar-refractivity contribution in [3.63, 3.8) is 0 Å². The van der Waals surface area contributed by atoms with E-state index in [1.165, 1.54) is 32.1 Å². The molecule has 1 nitrogen and oxygen atoms in total. The molecule has 0 unspecified atom stereocenters. The Morgan fingerprint density at radius 2 is 2.00 bits per heavy atom. The van der Waals surface area contributed by atoms with Gasteiger partial charge >= 0.3 is 0 Å². The van der Waals surface area contributed by atoms with E-state index in [2.05, 4.69) is 15.9 Å². The molecule has 2 heteroatoms. The number of hydrogen-bond donors (Lipinski definition) is 0. The molecule has 0 bridgehead atoms. The van der Waals surface area contributed by atoms with Crippen LogP contribution in [0.2, 0.25) is 0 Å². The Balaban J connectivity index is 2.03. The number of aryl methyl sites for hydroxylation is 1. The highest BCUT2D eigenvalue weighted by Crippen LogP contribution is 2.28. The van der Waals surface area contributed by atoms with Gasteiger partial charge in [0.05, 0.1) is 0 Å². The summed E-state index contributed by atoms with van der Waals surface area (Å²) in [4.78, 5) is 12.2. The minimum absolute atomic E-state index is 0.321. The summed E-state index contributed by atoms with van der Waals surface area (Å²) in [6.45, 7) is 2.01. The van der Waals surface area contributed by atoms with E-state index in [0.29, 0.717) is 11.7 Å². The van der Waals surface area contributed by atoms with Crippen molar-refractivity contribution in [1.29, 1.82) is 0 Å². The van der Waals surface area contributed by atoms with E-state index < -0.39 is 0 Å². The highest BCUT2D eigenvalue weighted by molar-refractivity contribution is 9.10. The Hall–Kier alpha value is -0.630. The maximum Gasteiger partial charge on any atom is 0.163 e. The lowest BCUT2D eigenvalue weighted by molar-refractivity contribution is 0.0949. The number of halogens is 1. The zero-order valence-electron chi connectivity index (χ0n) is 10.3. The topological polar surface area (TPSA) is 17.1 Å². The number of rotatable bonds is 3. The summed E-state index contributed by atoms with van der Waals surface area (Å²) in [5, 5.41) is 0. The first-order chi connectivity index (χ1) is 8.16. The smallest absolute Gasteiger partial charge is 0.163 e. The summed E-state index contributed by atoms with van der Waals surface area (Å²) in [7, 11) is 0. The highest BCUT2D eigenvalue weighted by Gasteiger charge is 2.18. The molecule has 1 aromatic rings. The Kier molecular flexibility index (Phi) is 4.38. The van der Waals surface area contributed by atoms with Crippen LogP contribution >= 0.6 is 15.9 Å². The summed E-state index contributed by atoms with van der Waals surface area (Å²) in [5.74, 6) is 0.946. The average molecular weight is 295 g/mol. The number of carbonyl (C=O) groups excluding carboxylic acids is 1. The number of ketones is 1. The van der Waals surface area contributed by atoms with Crippen molar-refractivity contribution in [2.75, 3.05) is 0 Å². The molecule has 0 amide bonds. The zero-order chi connectivity index (χ0) is 12.3. The van der Waals surface area contributed by atoms with Gasteiger partial charge in [-0.1, -0.05) is 54.1 Å². The molecule has 2 rings (SSSR count). The van der Waals surface area contributed by atoms with Crippen molar-refractivity contribution in [3.8, 4) is 0 Å². The second-order valence-corrected chi connectivity index (χ2v) is 6.01. The molecule has 17 heavy (non-hydrogen) atoms. The van der Waals surface area contributed by atoms with Crippen molar-refractivity contribution in [1.82, 2.24) is 0 Å². The van der Waals surface area contributed by atoms with Crippen LogP contribution in [0.3, 0.4) is 0 Å². The molecule has 0 heterocycles. The molecule has 0 atom stereocenters. The van der Waals surface area contributed by atoms with Crippen LogP contribution in [-0.4, -0.2) is 5.78 Å². The summed E-state index contributed by atoms with van der Waals surface area (Å²) in [6, 6.07) is 5.93. The molecule has 1 saturated carbocycles. The SMILES string of the molecule is Cc1cc(Br)ccc1C(=O)CC1CCCCC1. The molecule has 0 aromatic heterocycles. The van der Waals surface area contributed by atoms with Crippen LogP contribution in [0.25, 0.3) is 0 Å². The van der Waals surface area contributed by atoms with Gasteiger partial charge in [0.2, 0.25) is 0 Å². The van der Waals surface area contributed by atoms with Gasteiger partial charge in [0.1, 0.15) is 0 Å². The van der Waals surface area contributed by atoms with E-state index in [4.69, 9.17) is 0 Å². The molecule has 1 aliphatic rings. The molecule has 0 saturated heterocycles. The van der Waals surface area contributed by atoms with Crippen LogP contribution < -0.4 is 0 Å². The van der Waals surface area contributed by atoms with Gasteiger partial charge in [-0.15, -0.1) is 0 Å². The van der Waals surface area contributed by atoms with Gasteiger partial charge in [0, 0.05) is 16.5 Å². The standard InChI is InChI=1S/C15H19BrO/c1-11-9-13(16)7-8-14(11)15(17)10-12-5-3-2-4-6-12/h7-9,12H,2-6,10H2,1H3. The molecule has 1 aromatic carbocycles. The summed E-state index contributed by atoms with van der Waals surface area (Å²) >= 11 is 3.43. The summed E-state index contributed by atoms with van der Waals surface area (Å²) in [6.07, 6.45) is 7.17. The fraction of sp³-hybridized carbons (Fsp3) is 0.533. The summed E-state index contributed by atoms with van der Waals surface area (Å²) in [5.41, 5.74) is 1.99. The number of carbonyl (C=O) groups is 1. The largest absolute Gasteiger partial charge is 0.294 e. The first-order valence-corrected chi connectivity index (χ1v) is 7.25. The minimum Gasteiger partial charge on any atom is -0.294 e. The highest BCUT2D eigenvalue weighted by atomic mass is 79.9. The van der Waals surface area contributed by atoms with E-state index in [1.54, 1.807) is 0 Å². The predicted octanol–water partition coefficient (Wildman–Crippen LogP) is 4.91. The van der Waals surface area contributed by atoms with E-state index >= 15 is 0 Å². The van der Waals surface area contributed by atoms with Gasteiger partial charge in [0.25, 0.3) is 0 Å². The molecular weight excluding hydrogens is 276 g/mol. The third-order valence-electron chi connectivity index (χ3n) is 3.69. The van der Waals surface area contributed by atoms with Gasteiger partial charge in [-0.25, -0.2) is 0 Å². The molecule has 0 aliphatic heterocycles. The van der Waals surface area contributed by atoms with Crippen molar-refractivity contribution in [2.45, 2.75) is 45.4 Å². The van der Waals surface area contributed by atoms with E-state index in [1.807, 2.05) is 25.1 Å². The van der Waals surface area contributed by atoms with Crippen LogP contribution in [-0.2, 0) is 0 Å². The van der Waals surface area contributed by atoms with Crippen molar-refractivity contribution < 1.29 is 4.79 Å². The van der Waals surface area contributed by atoms with Crippen LogP contribution in [0, 0.1) is 12.8 Å². The first-order valence-electron chi connectivity index (χ1n) is 6.46. The molecule has 1 fully saturated rings. The Bertz CT molecular complexity index is 405. The lowest BCUT2D eigenvalue weighted by Gasteiger charge is -2.21. The normalized spacial score (nSPS) is 17.1. The fourth-order valence-electron chi connectivity index (χ4n) is 2.70. The minimum atomic E-state index is 0.321. The number of Topliss-reactive ketones (excluding diaryl/α,β-unsaturated/α-hetero) is 1. The van der Waals surface area contributed by atoms with Crippen molar-refractivity contribution >= 4 is 21.7 Å². The second kappa shape index (κ2) is 5.81. The third kappa shape index (κ3) is 3.41. The maximum absolute atomic E-state index is 12.2. The van der Waals surface area contributed by atoms with Crippen molar-refractivity contribution in [3.05, 3.63) is 33.8 Å². The molecule has 0 spiro atoms. The van der Waals surface area contributed by atoms with E-state index in [9.17, 15) is 4.79 Å². The molecule has 1 aliphatic carbocycles. The quantitative estimate of drug-likeness (QED) is 0.724. The van der Waals surface area contributed by atoms with E-state index in [0.717, 1.165) is 22.0 Å². The van der Waals surface area contributed by atoms with Gasteiger partial charge in [-0.2, -0.15) is 0 Å². The maximum atomic E-state index is 12.2. The first kappa shape index (κ1) is 12.8. The summed E-state index contributed by atoms with van der Waals surface area (Å²) < 4.78 is 1.05. The third-order valence-corrected chi connectivity index (χ3v) is 4.18. The van der Waals surface area contributed by atoms with E-state index in [-0.39, 0.29) is 0 Å². The van der Waals surface area contributed by atoms with Gasteiger partial charge in [-0.3, -0.25) is 4.79 Å². The van der Waals surface area contributed by atoms with Crippen LogP contribution in [0.15, 0.2) is 22.7 Å². The Morgan fingerprint density at radius 3 is 2.65 bits per heavy atom. The fourth-order valence-corrected chi connectivity index (χ4v) is 3.18. The Labute approximate surface area is 112 Å². The number of benzene rings is 1. The average Bonchev–Trinajstić information content (AvgIpc) is 2.30.